The van der Waals surface area contributed by atoms with Gasteiger partial charge < -0.3 is 5.73 Å². The topological polar surface area (TPSA) is 38.9 Å². The molecule has 0 radical (unpaired) electrons. The first-order valence-corrected chi connectivity index (χ1v) is 4.54. The molecule has 72 valence electrons. The van der Waals surface area contributed by atoms with Gasteiger partial charge >= 0.3 is 0 Å². The Kier molecular flexibility index (Phi) is 3.70. The molecule has 0 aliphatic heterocycles. The molecule has 0 unspecified atom stereocenters. The lowest BCUT2D eigenvalue weighted by atomic mass is 9.79. The zero-order valence-electron chi connectivity index (χ0n) is 7.52. The normalized spacial score (nSPS) is 18.5. The minimum Gasteiger partial charge on any atom is -0.322 e. The molecule has 2 N–H and O–H groups in total. The zero-order chi connectivity index (χ0) is 8.39. The molecule has 1 aliphatic carbocycles. The summed E-state index contributed by atoms with van der Waals surface area (Å²) in [5, 5.41) is 0. The predicted octanol–water partition coefficient (Wildman–Crippen LogP) is 2.30. The quantitative estimate of drug-likeness (QED) is 0.792. The summed E-state index contributed by atoms with van der Waals surface area (Å²) in [4.78, 5) is 4.26. The monoisotopic (exact) mass is 198 g/mol. The molecule has 0 bridgehead atoms. The molecule has 1 aliphatic rings. The van der Waals surface area contributed by atoms with Crippen molar-refractivity contribution in [1.82, 2.24) is 4.98 Å². The Morgan fingerprint density at radius 2 is 2.15 bits per heavy atom. The fraction of sp³-hybridized carbons (Fsp3) is 0.500. The van der Waals surface area contributed by atoms with Gasteiger partial charge in [-0.25, -0.2) is 0 Å². The summed E-state index contributed by atoms with van der Waals surface area (Å²) in [6, 6.07) is 6.11. The van der Waals surface area contributed by atoms with Gasteiger partial charge in [-0.05, 0) is 30.9 Å². The third-order valence-electron chi connectivity index (χ3n) is 2.69. The fourth-order valence-corrected chi connectivity index (χ4v) is 1.61. The Morgan fingerprint density at radius 3 is 2.62 bits per heavy atom. The maximum absolute atomic E-state index is 6.04. The second kappa shape index (κ2) is 4.58. The molecule has 1 heterocycles. The van der Waals surface area contributed by atoms with E-state index < -0.39 is 0 Å². The maximum Gasteiger partial charge on any atom is 0.0573 e. The van der Waals surface area contributed by atoms with Crippen LogP contribution in [-0.4, -0.2) is 4.98 Å². The number of rotatable bonds is 2. The molecule has 3 heteroatoms. The van der Waals surface area contributed by atoms with Gasteiger partial charge in [0.05, 0.1) is 5.69 Å². The molecular formula is C10H15ClN2. The third kappa shape index (κ3) is 2.20. The average Bonchev–Trinajstić information content (AvgIpc) is 2.03. The van der Waals surface area contributed by atoms with Gasteiger partial charge in [-0.15, -0.1) is 12.4 Å². The number of halogens is 1. The highest BCUT2D eigenvalue weighted by molar-refractivity contribution is 5.85. The summed E-state index contributed by atoms with van der Waals surface area (Å²) < 4.78 is 0. The molecule has 2 nitrogen and oxygen atoms in total. The van der Waals surface area contributed by atoms with Crippen molar-refractivity contribution >= 4 is 12.4 Å². The van der Waals surface area contributed by atoms with E-state index >= 15 is 0 Å². The SMILES string of the molecule is Cl.N[C@@H](c1ccccn1)C1CCC1. The zero-order valence-corrected chi connectivity index (χ0v) is 8.33. The summed E-state index contributed by atoms with van der Waals surface area (Å²) in [7, 11) is 0. The first-order chi connectivity index (χ1) is 5.88. The Bertz CT molecular complexity index is 246. The summed E-state index contributed by atoms with van der Waals surface area (Å²) in [6.07, 6.45) is 5.70. The first kappa shape index (κ1) is 10.5. The van der Waals surface area contributed by atoms with E-state index in [-0.39, 0.29) is 18.4 Å². The minimum atomic E-state index is 0. The van der Waals surface area contributed by atoms with Crippen molar-refractivity contribution in [2.24, 2.45) is 11.7 Å². The number of aromatic nitrogens is 1. The number of nitrogens with two attached hydrogens (primary N) is 1. The third-order valence-corrected chi connectivity index (χ3v) is 2.69. The number of hydrogen-bond donors (Lipinski definition) is 1. The molecule has 0 amide bonds. The van der Waals surface area contributed by atoms with E-state index in [0.717, 1.165) is 5.69 Å². The van der Waals surface area contributed by atoms with Crippen molar-refractivity contribution in [3.05, 3.63) is 30.1 Å². The van der Waals surface area contributed by atoms with Crippen LogP contribution in [0, 0.1) is 5.92 Å². The van der Waals surface area contributed by atoms with Crippen molar-refractivity contribution in [3.63, 3.8) is 0 Å². The van der Waals surface area contributed by atoms with E-state index in [0.29, 0.717) is 5.92 Å². The van der Waals surface area contributed by atoms with E-state index in [2.05, 4.69) is 4.98 Å². The van der Waals surface area contributed by atoms with E-state index in [1.165, 1.54) is 19.3 Å². The highest BCUT2D eigenvalue weighted by Crippen LogP contribution is 2.35. The highest BCUT2D eigenvalue weighted by Gasteiger charge is 2.25. The van der Waals surface area contributed by atoms with Crippen LogP contribution in [0.25, 0.3) is 0 Å². The largest absolute Gasteiger partial charge is 0.322 e. The lowest BCUT2D eigenvalue weighted by Crippen LogP contribution is -2.27. The van der Waals surface area contributed by atoms with Gasteiger partial charge in [0, 0.05) is 12.2 Å². The second-order valence-electron chi connectivity index (χ2n) is 3.47. The first-order valence-electron chi connectivity index (χ1n) is 4.54. The molecule has 1 aromatic rings. The number of nitrogens with zero attached hydrogens (tertiary/aromatic N) is 1. The van der Waals surface area contributed by atoms with Gasteiger partial charge in [-0.2, -0.15) is 0 Å². The van der Waals surface area contributed by atoms with Crippen LogP contribution in [0.15, 0.2) is 24.4 Å². The summed E-state index contributed by atoms with van der Waals surface area (Å²) in [6.45, 7) is 0. The van der Waals surface area contributed by atoms with Crippen molar-refractivity contribution in [2.75, 3.05) is 0 Å². The van der Waals surface area contributed by atoms with Crippen molar-refractivity contribution in [1.29, 1.82) is 0 Å². The fourth-order valence-electron chi connectivity index (χ4n) is 1.61. The molecule has 0 aromatic carbocycles. The molecule has 1 aromatic heterocycles. The molecule has 1 fully saturated rings. The van der Waals surface area contributed by atoms with Gasteiger partial charge in [0.15, 0.2) is 0 Å². The van der Waals surface area contributed by atoms with Crippen molar-refractivity contribution < 1.29 is 0 Å². The molecular weight excluding hydrogens is 184 g/mol. The standard InChI is InChI=1S/C10H14N2.ClH/c11-10(8-4-3-5-8)9-6-1-2-7-12-9;/h1-2,6-8,10H,3-5,11H2;1H/t10-;/m1./s1. The van der Waals surface area contributed by atoms with Crippen LogP contribution in [0.2, 0.25) is 0 Å². The van der Waals surface area contributed by atoms with Crippen LogP contribution in [-0.2, 0) is 0 Å². The van der Waals surface area contributed by atoms with Crippen LogP contribution >= 0.6 is 12.4 Å². The van der Waals surface area contributed by atoms with Gasteiger partial charge in [0.1, 0.15) is 0 Å². The van der Waals surface area contributed by atoms with Crippen LogP contribution in [0.3, 0.4) is 0 Å². The Labute approximate surface area is 85.0 Å². The van der Waals surface area contributed by atoms with Crippen molar-refractivity contribution in [3.8, 4) is 0 Å². The molecule has 1 atom stereocenters. The Balaban J connectivity index is 0.000000845. The smallest absolute Gasteiger partial charge is 0.0573 e. The van der Waals surface area contributed by atoms with Gasteiger partial charge in [-0.3, -0.25) is 4.98 Å². The van der Waals surface area contributed by atoms with Gasteiger partial charge in [0.25, 0.3) is 0 Å². The Morgan fingerprint density at radius 1 is 1.38 bits per heavy atom. The van der Waals surface area contributed by atoms with Crippen molar-refractivity contribution in [2.45, 2.75) is 25.3 Å². The summed E-state index contributed by atoms with van der Waals surface area (Å²) in [5.74, 6) is 0.680. The van der Waals surface area contributed by atoms with Crippen LogP contribution in [0.5, 0.6) is 0 Å². The maximum atomic E-state index is 6.04. The van der Waals surface area contributed by atoms with Gasteiger partial charge in [-0.1, -0.05) is 12.5 Å². The van der Waals surface area contributed by atoms with Gasteiger partial charge in [0.2, 0.25) is 0 Å². The second-order valence-corrected chi connectivity index (χ2v) is 3.47. The molecule has 13 heavy (non-hydrogen) atoms. The van der Waals surface area contributed by atoms with E-state index in [1.54, 1.807) is 0 Å². The lowest BCUT2D eigenvalue weighted by molar-refractivity contribution is 0.261. The highest BCUT2D eigenvalue weighted by atomic mass is 35.5. The van der Waals surface area contributed by atoms with Crippen LogP contribution in [0.4, 0.5) is 0 Å². The summed E-state index contributed by atoms with van der Waals surface area (Å²) >= 11 is 0. The lowest BCUT2D eigenvalue weighted by Gasteiger charge is -2.30. The number of pyridine rings is 1. The van der Waals surface area contributed by atoms with Crippen LogP contribution in [0.1, 0.15) is 31.0 Å². The average molecular weight is 199 g/mol. The molecule has 0 saturated heterocycles. The summed E-state index contributed by atoms with van der Waals surface area (Å²) in [5.41, 5.74) is 7.08. The number of hydrogen-bond acceptors (Lipinski definition) is 2. The van der Waals surface area contributed by atoms with Crippen LogP contribution < -0.4 is 5.73 Å². The Hall–Kier alpha value is -0.600. The van der Waals surface area contributed by atoms with E-state index in [9.17, 15) is 0 Å². The minimum absolute atomic E-state index is 0. The molecule has 2 rings (SSSR count). The molecule has 0 spiro atoms. The predicted molar refractivity (Wildman–Crippen MR) is 55.8 cm³/mol. The molecule has 1 saturated carbocycles. The van der Waals surface area contributed by atoms with E-state index in [4.69, 9.17) is 5.73 Å². The van der Waals surface area contributed by atoms with E-state index in [1.807, 2.05) is 24.4 Å².